The van der Waals surface area contributed by atoms with Crippen molar-refractivity contribution in [3.8, 4) is 11.1 Å². The van der Waals surface area contributed by atoms with Crippen molar-refractivity contribution >= 4 is 17.6 Å². The maximum atomic E-state index is 10.7. The smallest absolute Gasteiger partial charge is 0.329 e. The number of hydrogen-bond donors (Lipinski definition) is 1. The summed E-state index contributed by atoms with van der Waals surface area (Å²) in [5.74, 6) is -0.941. The van der Waals surface area contributed by atoms with Crippen molar-refractivity contribution in [2.45, 2.75) is 19.7 Å². The molecule has 0 aromatic heterocycles. The van der Waals surface area contributed by atoms with Crippen LogP contribution < -0.4 is 0 Å². The molecule has 172 valence electrons. The van der Waals surface area contributed by atoms with E-state index in [9.17, 15) is 4.79 Å². The molecule has 0 bridgehead atoms. The highest BCUT2D eigenvalue weighted by molar-refractivity contribution is 6.30. The number of hydrogen-bond acceptors (Lipinski definition) is 4. The van der Waals surface area contributed by atoms with E-state index in [0.717, 1.165) is 49.9 Å². The minimum Gasteiger partial charge on any atom is -0.480 e. The first kappa shape index (κ1) is 23.5. The molecule has 0 amide bonds. The zero-order chi connectivity index (χ0) is 23.0. The molecule has 1 N–H and O–H groups in total. The minimum atomic E-state index is -0.941. The van der Waals surface area contributed by atoms with Crippen LogP contribution in [0.25, 0.3) is 11.1 Å². The van der Waals surface area contributed by atoms with Crippen LogP contribution in [0.15, 0.2) is 72.8 Å². The highest BCUT2D eigenvalue weighted by atomic mass is 35.5. The fourth-order valence-corrected chi connectivity index (χ4v) is 4.28. The second kappa shape index (κ2) is 11.4. The van der Waals surface area contributed by atoms with Crippen LogP contribution in [0, 0.1) is 0 Å². The zero-order valence-electron chi connectivity index (χ0n) is 18.6. The van der Waals surface area contributed by atoms with Gasteiger partial charge >= 0.3 is 5.97 Å². The summed E-state index contributed by atoms with van der Waals surface area (Å²) in [6.07, 6.45) is 0. The third kappa shape index (κ3) is 6.89. The van der Waals surface area contributed by atoms with E-state index in [-0.39, 0.29) is 6.61 Å². The summed E-state index contributed by atoms with van der Waals surface area (Å²) in [7, 11) is 0. The van der Waals surface area contributed by atoms with Crippen LogP contribution in [0.5, 0.6) is 0 Å². The number of carboxylic acids is 1. The van der Waals surface area contributed by atoms with E-state index in [2.05, 4.69) is 40.1 Å². The lowest BCUT2D eigenvalue weighted by Gasteiger charge is -2.35. The third-order valence-electron chi connectivity index (χ3n) is 6.00. The molecule has 0 aliphatic carbocycles. The molecule has 0 saturated carbocycles. The first-order valence-electron chi connectivity index (χ1n) is 11.2. The summed E-state index contributed by atoms with van der Waals surface area (Å²) < 4.78 is 5.30. The van der Waals surface area contributed by atoms with E-state index in [4.69, 9.17) is 21.4 Å². The average Bonchev–Trinajstić information content (AvgIpc) is 2.82. The van der Waals surface area contributed by atoms with Gasteiger partial charge in [0.25, 0.3) is 0 Å². The van der Waals surface area contributed by atoms with Crippen LogP contribution >= 0.6 is 11.6 Å². The Morgan fingerprint density at radius 1 is 0.788 bits per heavy atom. The van der Waals surface area contributed by atoms with Crippen LogP contribution in [0.3, 0.4) is 0 Å². The summed E-state index contributed by atoms with van der Waals surface area (Å²) in [5.41, 5.74) is 5.96. The van der Waals surface area contributed by atoms with E-state index >= 15 is 0 Å². The standard InChI is InChI=1S/C27H29ClN2O3/c28-26-11-9-23(10-12-26)22-7-5-21(6-8-22)17-29-13-15-30(16-14-29)18-24-3-1-2-4-25(24)19-33-20-27(31)32/h1-12H,13-20H2,(H,31,32). The van der Waals surface area contributed by atoms with Crippen molar-refractivity contribution in [2.75, 3.05) is 32.8 Å². The summed E-state index contributed by atoms with van der Waals surface area (Å²) in [6, 6.07) is 24.8. The van der Waals surface area contributed by atoms with Gasteiger partial charge < -0.3 is 9.84 Å². The lowest BCUT2D eigenvalue weighted by Crippen LogP contribution is -2.45. The average molecular weight is 465 g/mol. The number of nitrogens with zero attached hydrogens (tertiary/aromatic N) is 2. The molecule has 1 aliphatic rings. The molecule has 1 saturated heterocycles. The van der Waals surface area contributed by atoms with Gasteiger partial charge in [-0.05, 0) is 39.9 Å². The summed E-state index contributed by atoms with van der Waals surface area (Å²) >= 11 is 5.99. The topological polar surface area (TPSA) is 53.0 Å². The van der Waals surface area contributed by atoms with Gasteiger partial charge in [0, 0.05) is 44.3 Å². The highest BCUT2D eigenvalue weighted by Crippen LogP contribution is 2.22. The molecular weight excluding hydrogens is 436 g/mol. The molecule has 4 rings (SSSR count). The Labute approximate surface area is 200 Å². The van der Waals surface area contributed by atoms with Gasteiger partial charge in [-0.15, -0.1) is 0 Å². The van der Waals surface area contributed by atoms with Gasteiger partial charge in [-0.25, -0.2) is 4.79 Å². The Morgan fingerprint density at radius 3 is 1.94 bits per heavy atom. The maximum Gasteiger partial charge on any atom is 0.329 e. The summed E-state index contributed by atoms with van der Waals surface area (Å²) in [4.78, 5) is 15.7. The molecule has 3 aromatic carbocycles. The quantitative estimate of drug-likeness (QED) is 0.486. The van der Waals surface area contributed by atoms with Crippen molar-refractivity contribution in [2.24, 2.45) is 0 Å². The third-order valence-corrected chi connectivity index (χ3v) is 6.25. The van der Waals surface area contributed by atoms with Crippen molar-refractivity contribution in [3.63, 3.8) is 0 Å². The Balaban J connectivity index is 1.26. The van der Waals surface area contributed by atoms with Crippen LogP contribution in [-0.2, 0) is 29.2 Å². The van der Waals surface area contributed by atoms with Crippen LogP contribution in [0.2, 0.25) is 5.02 Å². The SMILES string of the molecule is O=C(O)COCc1ccccc1CN1CCN(Cc2ccc(-c3ccc(Cl)cc3)cc2)CC1. The molecule has 0 radical (unpaired) electrons. The first-order chi connectivity index (χ1) is 16.1. The Kier molecular flexibility index (Phi) is 8.13. The number of aliphatic carboxylic acids is 1. The summed E-state index contributed by atoms with van der Waals surface area (Å²) in [6.45, 7) is 5.93. The number of rotatable bonds is 9. The molecule has 0 spiro atoms. The van der Waals surface area contributed by atoms with Crippen molar-refractivity contribution in [1.82, 2.24) is 9.80 Å². The second-order valence-electron chi connectivity index (χ2n) is 8.41. The molecule has 1 fully saturated rings. The minimum absolute atomic E-state index is 0.270. The van der Waals surface area contributed by atoms with Crippen molar-refractivity contribution in [1.29, 1.82) is 0 Å². The zero-order valence-corrected chi connectivity index (χ0v) is 19.4. The van der Waals surface area contributed by atoms with Gasteiger partial charge in [0.05, 0.1) is 6.61 Å². The van der Waals surface area contributed by atoms with Gasteiger partial charge in [0.15, 0.2) is 0 Å². The molecule has 0 unspecified atom stereocenters. The Morgan fingerprint density at radius 2 is 1.33 bits per heavy atom. The molecule has 5 nitrogen and oxygen atoms in total. The molecule has 6 heteroatoms. The molecule has 0 atom stereocenters. The predicted molar refractivity (Wildman–Crippen MR) is 131 cm³/mol. The lowest BCUT2D eigenvalue weighted by molar-refractivity contribution is -0.142. The first-order valence-corrected chi connectivity index (χ1v) is 11.6. The van der Waals surface area contributed by atoms with Crippen LogP contribution in [0.1, 0.15) is 16.7 Å². The van der Waals surface area contributed by atoms with E-state index in [1.807, 2.05) is 42.5 Å². The van der Waals surface area contributed by atoms with Gasteiger partial charge in [0.2, 0.25) is 0 Å². The largest absolute Gasteiger partial charge is 0.480 e. The number of piperazine rings is 1. The van der Waals surface area contributed by atoms with Gasteiger partial charge in [-0.2, -0.15) is 0 Å². The van der Waals surface area contributed by atoms with Crippen molar-refractivity contribution in [3.05, 3.63) is 94.5 Å². The van der Waals surface area contributed by atoms with Gasteiger partial charge in [0.1, 0.15) is 6.61 Å². The van der Waals surface area contributed by atoms with Crippen LogP contribution in [-0.4, -0.2) is 53.7 Å². The van der Waals surface area contributed by atoms with E-state index in [1.165, 1.54) is 22.3 Å². The monoisotopic (exact) mass is 464 g/mol. The lowest BCUT2D eigenvalue weighted by atomic mass is 10.0. The maximum absolute atomic E-state index is 10.7. The Bertz CT molecular complexity index is 1050. The predicted octanol–water partition coefficient (Wildman–Crippen LogP) is 4.93. The van der Waals surface area contributed by atoms with E-state index in [1.54, 1.807) is 0 Å². The number of carboxylic acid groups (broad SMARTS) is 1. The molecule has 3 aromatic rings. The number of ether oxygens (including phenoxy) is 1. The second-order valence-corrected chi connectivity index (χ2v) is 8.85. The molecular formula is C27H29ClN2O3. The van der Waals surface area contributed by atoms with Crippen LogP contribution in [0.4, 0.5) is 0 Å². The fraction of sp³-hybridized carbons (Fsp3) is 0.296. The normalized spacial score (nSPS) is 14.9. The van der Waals surface area contributed by atoms with Gasteiger partial charge in [-0.1, -0.05) is 72.3 Å². The van der Waals surface area contributed by atoms with E-state index in [0.29, 0.717) is 6.61 Å². The molecule has 1 heterocycles. The number of carbonyl (C=O) groups is 1. The fourth-order valence-electron chi connectivity index (χ4n) is 4.15. The highest BCUT2D eigenvalue weighted by Gasteiger charge is 2.18. The molecule has 1 aliphatic heterocycles. The molecule has 33 heavy (non-hydrogen) atoms. The Hall–Kier alpha value is -2.70. The number of benzene rings is 3. The van der Waals surface area contributed by atoms with Gasteiger partial charge in [-0.3, -0.25) is 9.80 Å². The van der Waals surface area contributed by atoms with E-state index < -0.39 is 5.97 Å². The number of halogens is 1. The van der Waals surface area contributed by atoms with Crippen molar-refractivity contribution < 1.29 is 14.6 Å². The summed E-state index contributed by atoms with van der Waals surface area (Å²) in [5, 5.41) is 9.54.